The Balaban J connectivity index is 1.63. The molecule has 0 saturated heterocycles. The van der Waals surface area contributed by atoms with E-state index in [4.69, 9.17) is 4.74 Å². The summed E-state index contributed by atoms with van der Waals surface area (Å²) in [4.78, 5) is 10.9. The molecule has 0 bridgehead atoms. The normalized spacial score (nSPS) is 20.0. The Morgan fingerprint density at radius 3 is 2.64 bits per heavy atom. The predicted octanol–water partition coefficient (Wildman–Crippen LogP) is 4.44. The quantitative estimate of drug-likeness (QED) is 0.538. The molecule has 3 rings (SSSR count). The smallest absolute Gasteiger partial charge is 0.416 e. The highest BCUT2D eigenvalue weighted by atomic mass is 19.4. The largest absolute Gasteiger partial charge is 0.486 e. The third kappa shape index (κ3) is 4.43. The van der Waals surface area contributed by atoms with E-state index in [-0.39, 0.29) is 24.2 Å². The summed E-state index contributed by atoms with van der Waals surface area (Å²) in [7, 11) is 1.83. The summed E-state index contributed by atoms with van der Waals surface area (Å²) in [5, 5.41) is 8.40. The van der Waals surface area contributed by atoms with Crippen LogP contribution in [0.5, 0.6) is 5.75 Å². The van der Waals surface area contributed by atoms with Crippen LogP contribution in [0.3, 0.4) is 0 Å². The van der Waals surface area contributed by atoms with Gasteiger partial charge in [-0.25, -0.2) is 0 Å². The Kier molecular flexibility index (Phi) is 5.86. The predicted molar refractivity (Wildman–Crippen MR) is 96.7 cm³/mol. The average molecular weight is 393 g/mol. The van der Waals surface area contributed by atoms with Gasteiger partial charge in [0.2, 0.25) is 0 Å². The van der Waals surface area contributed by atoms with Crippen LogP contribution in [-0.2, 0) is 24.6 Å². The minimum absolute atomic E-state index is 0.0299. The molecule has 1 saturated carbocycles. The molecule has 1 aromatic carbocycles. The van der Waals surface area contributed by atoms with E-state index in [9.17, 15) is 18.0 Å². The van der Waals surface area contributed by atoms with Gasteiger partial charge in [0.15, 0.2) is 5.82 Å². The fraction of sp³-hybridized carbons (Fsp3) is 0.450. The number of allylic oxidation sites excluding steroid dienone is 1. The lowest BCUT2D eigenvalue weighted by Gasteiger charge is -2.27. The van der Waals surface area contributed by atoms with Gasteiger partial charge >= 0.3 is 6.18 Å². The van der Waals surface area contributed by atoms with E-state index in [1.54, 1.807) is 0 Å². The van der Waals surface area contributed by atoms with Gasteiger partial charge in [-0.05, 0) is 55.4 Å². The van der Waals surface area contributed by atoms with Crippen molar-refractivity contribution in [1.82, 2.24) is 14.8 Å². The molecule has 1 aromatic heterocycles. The zero-order valence-electron chi connectivity index (χ0n) is 15.6. The fourth-order valence-electron chi connectivity index (χ4n) is 3.59. The van der Waals surface area contributed by atoms with Crippen LogP contribution in [0.1, 0.15) is 48.8 Å². The highest BCUT2D eigenvalue weighted by Gasteiger charge is 2.31. The monoisotopic (exact) mass is 393 g/mol. The van der Waals surface area contributed by atoms with Crippen molar-refractivity contribution in [2.75, 3.05) is 0 Å². The molecule has 1 aliphatic carbocycles. The number of nitrogens with zero attached hydrogens (tertiary/aromatic N) is 3. The Hall–Kier alpha value is -2.64. The molecular weight excluding hydrogens is 371 g/mol. The molecule has 0 N–H and O–H groups in total. The summed E-state index contributed by atoms with van der Waals surface area (Å²) in [6.45, 7) is 3.83. The van der Waals surface area contributed by atoms with E-state index >= 15 is 0 Å². The summed E-state index contributed by atoms with van der Waals surface area (Å²) in [6.07, 6.45) is -0.0475. The number of hydrogen-bond donors (Lipinski definition) is 0. The first-order valence-electron chi connectivity index (χ1n) is 9.11. The van der Waals surface area contributed by atoms with Crippen molar-refractivity contribution in [2.45, 2.75) is 44.4 Å². The van der Waals surface area contributed by atoms with Crippen molar-refractivity contribution in [3.63, 3.8) is 0 Å². The van der Waals surface area contributed by atoms with Gasteiger partial charge in [0.05, 0.1) is 5.56 Å². The maximum atomic E-state index is 12.8. The molecule has 1 heterocycles. The summed E-state index contributed by atoms with van der Waals surface area (Å²) >= 11 is 0. The number of rotatable bonds is 6. The van der Waals surface area contributed by atoms with E-state index < -0.39 is 11.7 Å². The van der Waals surface area contributed by atoms with Crippen LogP contribution in [-0.4, -0.2) is 21.1 Å². The molecule has 2 aromatic rings. The molecule has 0 spiro atoms. The van der Waals surface area contributed by atoms with Crippen molar-refractivity contribution in [2.24, 2.45) is 13.0 Å². The number of aromatic nitrogens is 3. The SMILES string of the molecule is C=C(C=O)C1CCC(c2nnc(COc3cccc(C(F)(F)F)c3)n2C)CC1. The van der Waals surface area contributed by atoms with Crippen molar-refractivity contribution in [1.29, 1.82) is 0 Å². The molecule has 0 amide bonds. The number of aldehydes is 1. The number of ether oxygens (including phenoxy) is 1. The van der Waals surface area contributed by atoms with Crippen LogP contribution in [0.25, 0.3) is 0 Å². The summed E-state index contributed by atoms with van der Waals surface area (Å²) < 4.78 is 45.7. The van der Waals surface area contributed by atoms with E-state index in [0.29, 0.717) is 11.4 Å². The highest BCUT2D eigenvalue weighted by molar-refractivity contribution is 5.72. The number of hydrogen-bond acceptors (Lipinski definition) is 4. The molecule has 0 unspecified atom stereocenters. The molecular formula is C20H22F3N3O2. The number of carbonyl (C=O) groups excluding carboxylic acids is 1. The molecule has 0 radical (unpaired) electrons. The first-order chi connectivity index (χ1) is 13.3. The first kappa shape index (κ1) is 20.1. The number of carbonyl (C=O) groups is 1. The van der Waals surface area contributed by atoms with Crippen LogP contribution >= 0.6 is 0 Å². The second-order valence-corrected chi connectivity index (χ2v) is 7.09. The molecule has 28 heavy (non-hydrogen) atoms. The molecule has 0 atom stereocenters. The van der Waals surface area contributed by atoms with Crippen molar-refractivity contribution < 1.29 is 22.7 Å². The van der Waals surface area contributed by atoms with E-state index in [1.165, 1.54) is 12.1 Å². The minimum Gasteiger partial charge on any atom is -0.486 e. The van der Waals surface area contributed by atoms with Gasteiger partial charge in [0.25, 0.3) is 0 Å². The van der Waals surface area contributed by atoms with Gasteiger partial charge in [-0.3, -0.25) is 4.79 Å². The van der Waals surface area contributed by atoms with Crippen LogP contribution in [0.15, 0.2) is 36.4 Å². The number of alkyl halides is 3. The van der Waals surface area contributed by atoms with Gasteiger partial charge in [-0.15, -0.1) is 10.2 Å². The fourth-order valence-corrected chi connectivity index (χ4v) is 3.59. The highest BCUT2D eigenvalue weighted by Crippen LogP contribution is 2.37. The van der Waals surface area contributed by atoms with Gasteiger partial charge in [0, 0.05) is 13.0 Å². The Labute approximate surface area is 161 Å². The second-order valence-electron chi connectivity index (χ2n) is 7.09. The first-order valence-corrected chi connectivity index (χ1v) is 9.11. The molecule has 1 aliphatic rings. The second kappa shape index (κ2) is 8.16. The lowest BCUT2D eigenvalue weighted by atomic mass is 9.79. The average Bonchev–Trinajstić information content (AvgIpc) is 3.06. The lowest BCUT2D eigenvalue weighted by Crippen LogP contribution is -2.18. The topological polar surface area (TPSA) is 57.0 Å². The maximum absolute atomic E-state index is 12.8. The van der Waals surface area contributed by atoms with Gasteiger partial charge in [0.1, 0.15) is 24.5 Å². The van der Waals surface area contributed by atoms with Crippen molar-refractivity contribution in [3.8, 4) is 5.75 Å². The molecule has 5 nitrogen and oxygen atoms in total. The molecule has 8 heteroatoms. The standard InChI is InChI=1S/C20H22F3N3O2/c1-13(11-27)14-6-8-15(9-7-14)19-25-24-18(26(19)2)12-28-17-5-3-4-16(10-17)20(21,22)23/h3-5,10-11,14-15H,1,6-9,12H2,2H3. The molecule has 150 valence electrons. The Morgan fingerprint density at radius 1 is 1.29 bits per heavy atom. The minimum atomic E-state index is -4.41. The van der Waals surface area contributed by atoms with Crippen LogP contribution in [0, 0.1) is 5.92 Å². The van der Waals surface area contributed by atoms with E-state index in [2.05, 4.69) is 16.8 Å². The van der Waals surface area contributed by atoms with Crippen LogP contribution in [0.4, 0.5) is 13.2 Å². The van der Waals surface area contributed by atoms with Crippen molar-refractivity contribution >= 4 is 6.29 Å². The summed E-state index contributed by atoms with van der Waals surface area (Å²) in [5.41, 5.74) is -0.107. The van der Waals surface area contributed by atoms with E-state index in [0.717, 1.165) is 49.9 Å². The third-order valence-corrected chi connectivity index (χ3v) is 5.30. The zero-order valence-corrected chi connectivity index (χ0v) is 15.6. The van der Waals surface area contributed by atoms with Gasteiger partial charge in [-0.2, -0.15) is 13.2 Å². The number of benzene rings is 1. The summed E-state index contributed by atoms with van der Waals surface area (Å²) in [5.74, 6) is 1.97. The summed E-state index contributed by atoms with van der Waals surface area (Å²) in [6, 6.07) is 4.76. The molecule has 0 aliphatic heterocycles. The number of halogens is 3. The molecule has 1 fully saturated rings. The lowest BCUT2D eigenvalue weighted by molar-refractivity contribution is -0.137. The van der Waals surface area contributed by atoms with Gasteiger partial charge in [-0.1, -0.05) is 12.6 Å². The van der Waals surface area contributed by atoms with Crippen molar-refractivity contribution in [3.05, 3.63) is 53.6 Å². The van der Waals surface area contributed by atoms with Crippen LogP contribution < -0.4 is 4.74 Å². The maximum Gasteiger partial charge on any atom is 0.416 e. The third-order valence-electron chi connectivity index (χ3n) is 5.30. The van der Waals surface area contributed by atoms with Gasteiger partial charge < -0.3 is 9.30 Å². The van der Waals surface area contributed by atoms with E-state index in [1.807, 2.05) is 11.6 Å². The Bertz CT molecular complexity index is 853. The zero-order chi connectivity index (χ0) is 20.3. The van der Waals surface area contributed by atoms with Crippen LogP contribution in [0.2, 0.25) is 0 Å². The Morgan fingerprint density at radius 2 is 2.00 bits per heavy atom.